The molecule has 2 aromatic rings. The van der Waals surface area contributed by atoms with E-state index < -0.39 is 12.1 Å². The van der Waals surface area contributed by atoms with Crippen molar-refractivity contribution >= 4 is 21.9 Å². The van der Waals surface area contributed by atoms with E-state index in [1.165, 1.54) is 7.11 Å². The van der Waals surface area contributed by atoms with Crippen LogP contribution >= 0.6 is 15.9 Å². The average Bonchev–Trinajstić information content (AvgIpc) is 2.53. The molecule has 0 spiro atoms. The zero-order chi connectivity index (χ0) is 14.4. The van der Waals surface area contributed by atoms with Gasteiger partial charge >= 0.3 is 5.97 Å². The second kappa shape index (κ2) is 7.10. The Morgan fingerprint density at radius 3 is 2.30 bits per heavy atom. The molecule has 0 aliphatic heterocycles. The van der Waals surface area contributed by atoms with Crippen LogP contribution in [0.15, 0.2) is 54.6 Å². The highest BCUT2D eigenvalue weighted by Crippen LogP contribution is 2.23. The molecule has 0 bridgehead atoms. The van der Waals surface area contributed by atoms with Crippen molar-refractivity contribution in [1.29, 1.82) is 0 Å². The molecule has 1 unspecified atom stereocenters. The summed E-state index contributed by atoms with van der Waals surface area (Å²) in [5.41, 5.74) is 1.91. The van der Waals surface area contributed by atoms with Gasteiger partial charge in [-0.1, -0.05) is 58.4 Å². The number of hydrogen-bond donors (Lipinski definition) is 0. The van der Waals surface area contributed by atoms with Gasteiger partial charge in [0, 0.05) is 10.9 Å². The smallest absolute Gasteiger partial charge is 0.351 e. The Bertz CT molecular complexity index is 552. The summed E-state index contributed by atoms with van der Waals surface area (Å²) in [6.07, 6.45) is -0.758. The van der Waals surface area contributed by atoms with Crippen LogP contribution in [0.25, 0.3) is 0 Å². The highest BCUT2D eigenvalue weighted by Gasteiger charge is 2.23. The average molecular weight is 335 g/mol. The van der Waals surface area contributed by atoms with E-state index in [1.807, 2.05) is 54.6 Å². The Morgan fingerprint density at radius 2 is 1.75 bits per heavy atom. The second-order valence-corrected chi connectivity index (χ2v) is 4.77. The molecule has 0 fully saturated rings. The number of esters is 1. The predicted molar refractivity (Wildman–Crippen MR) is 80.9 cm³/mol. The van der Waals surface area contributed by atoms with E-state index in [0.717, 1.165) is 16.5 Å². The fraction of sp³-hybridized carbons (Fsp3) is 0.188. The van der Waals surface area contributed by atoms with Gasteiger partial charge in [0.05, 0.1) is 7.11 Å². The Morgan fingerprint density at radius 1 is 1.10 bits per heavy atom. The van der Waals surface area contributed by atoms with Gasteiger partial charge in [-0.15, -0.1) is 0 Å². The summed E-state index contributed by atoms with van der Waals surface area (Å²) in [7, 11) is 1.36. The number of carbonyl (C=O) groups is 1. The number of benzene rings is 2. The number of halogens is 1. The molecule has 0 aromatic heterocycles. The minimum atomic E-state index is -0.758. The minimum absolute atomic E-state index is 0.416. The van der Waals surface area contributed by atoms with Crippen LogP contribution in [0.2, 0.25) is 0 Å². The van der Waals surface area contributed by atoms with Gasteiger partial charge in [-0.05, 0) is 17.7 Å². The lowest BCUT2D eigenvalue weighted by molar-refractivity contribution is -0.149. The third-order valence-electron chi connectivity index (χ3n) is 2.85. The Kier molecular flexibility index (Phi) is 5.18. The van der Waals surface area contributed by atoms with Crippen molar-refractivity contribution in [2.75, 3.05) is 7.11 Å². The van der Waals surface area contributed by atoms with Gasteiger partial charge in [0.2, 0.25) is 6.10 Å². The molecule has 3 nitrogen and oxygen atoms in total. The number of ether oxygens (including phenoxy) is 2. The molecule has 0 aliphatic carbocycles. The van der Waals surface area contributed by atoms with Gasteiger partial charge in [0.1, 0.15) is 5.75 Å². The molecule has 0 saturated heterocycles. The van der Waals surface area contributed by atoms with Crippen molar-refractivity contribution in [3.8, 4) is 5.75 Å². The summed E-state index contributed by atoms with van der Waals surface area (Å²) in [5, 5.41) is 0.774. The second-order valence-electron chi connectivity index (χ2n) is 4.21. The van der Waals surface area contributed by atoms with Crippen LogP contribution in [0.4, 0.5) is 0 Å². The molecule has 0 amide bonds. The summed E-state index contributed by atoms with van der Waals surface area (Å²) >= 11 is 3.39. The van der Waals surface area contributed by atoms with Gasteiger partial charge in [0.25, 0.3) is 0 Å². The topological polar surface area (TPSA) is 35.5 Å². The Labute approximate surface area is 126 Å². The number of hydrogen-bond acceptors (Lipinski definition) is 3. The van der Waals surface area contributed by atoms with Gasteiger partial charge in [-0.3, -0.25) is 0 Å². The highest BCUT2D eigenvalue weighted by molar-refractivity contribution is 9.08. The highest BCUT2D eigenvalue weighted by atomic mass is 79.9. The van der Waals surface area contributed by atoms with Crippen molar-refractivity contribution in [3.05, 3.63) is 65.7 Å². The summed E-state index contributed by atoms with van der Waals surface area (Å²) in [4.78, 5) is 11.9. The maximum absolute atomic E-state index is 11.9. The van der Waals surface area contributed by atoms with Crippen LogP contribution in [0.5, 0.6) is 5.75 Å². The molecule has 104 valence electrons. The SMILES string of the molecule is COC(=O)C(Oc1ccccc1)c1ccc(CBr)cc1. The monoisotopic (exact) mass is 334 g/mol. The lowest BCUT2D eigenvalue weighted by Gasteiger charge is -2.17. The van der Waals surface area contributed by atoms with Crippen molar-refractivity contribution < 1.29 is 14.3 Å². The first kappa shape index (κ1) is 14.6. The Hall–Kier alpha value is -1.81. The maximum Gasteiger partial charge on any atom is 0.351 e. The summed E-state index contributed by atoms with van der Waals surface area (Å²) in [6.45, 7) is 0. The van der Waals surface area contributed by atoms with E-state index in [4.69, 9.17) is 9.47 Å². The van der Waals surface area contributed by atoms with E-state index in [2.05, 4.69) is 15.9 Å². The third kappa shape index (κ3) is 3.61. The van der Waals surface area contributed by atoms with Crippen molar-refractivity contribution in [2.45, 2.75) is 11.4 Å². The van der Waals surface area contributed by atoms with E-state index in [-0.39, 0.29) is 0 Å². The third-order valence-corrected chi connectivity index (χ3v) is 3.50. The van der Waals surface area contributed by atoms with Crippen LogP contribution in [-0.2, 0) is 14.9 Å². The van der Waals surface area contributed by atoms with E-state index in [0.29, 0.717) is 5.75 Å². The fourth-order valence-corrected chi connectivity index (χ4v) is 2.15. The van der Waals surface area contributed by atoms with Crippen molar-refractivity contribution in [2.24, 2.45) is 0 Å². The lowest BCUT2D eigenvalue weighted by atomic mass is 10.1. The quantitative estimate of drug-likeness (QED) is 0.615. The number of para-hydroxylation sites is 1. The van der Waals surface area contributed by atoms with E-state index in [1.54, 1.807) is 0 Å². The summed E-state index contributed by atoms with van der Waals surface area (Å²) in [5.74, 6) is 0.216. The molecule has 1 atom stereocenters. The molecule has 0 N–H and O–H groups in total. The zero-order valence-electron chi connectivity index (χ0n) is 11.1. The summed E-state index contributed by atoms with van der Waals surface area (Å²) in [6, 6.07) is 16.9. The fourth-order valence-electron chi connectivity index (χ4n) is 1.78. The molecule has 0 aliphatic rings. The molecular weight excluding hydrogens is 320 g/mol. The minimum Gasteiger partial charge on any atom is -0.474 e. The first-order chi connectivity index (χ1) is 9.74. The van der Waals surface area contributed by atoms with Gasteiger partial charge in [-0.2, -0.15) is 0 Å². The molecule has 2 aromatic carbocycles. The van der Waals surface area contributed by atoms with Gasteiger partial charge in [0.15, 0.2) is 0 Å². The van der Waals surface area contributed by atoms with Crippen LogP contribution in [0, 0.1) is 0 Å². The zero-order valence-corrected chi connectivity index (χ0v) is 12.7. The molecule has 2 rings (SSSR count). The number of rotatable bonds is 5. The molecular formula is C16H15BrO3. The maximum atomic E-state index is 11.9. The van der Waals surface area contributed by atoms with Crippen LogP contribution in [-0.4, -0.2) is 13.1 Å². The van der Waals surface area contributed by atoms with Crippen LogP contribution in [0.3, 0.4) is 0 Å². The molecule has 0 saturated carbocycles. The number of methoxy groups -OCH3 is 1. The lowest BCUT2D eigenvalue weighted by Crippen LogP contribution is -2.20. The first-order valence-electron chi connectivity index (χ1n) is 6.19. The van der Waals surface area contributed by atoms with E-state index >= 15 is 0 Å². The predicted octanol–water partition coefficient (Wildman–Crippen LogP) is 3.87. The normalized spacial score (nSPS) is 11.7. The molecule has 0 radical (unpaired) electrons. The molecule has 4 heteroatoms. The van der Waals surface area contributed by atoms with Crippen molar-refractivity contribution in [3.63, 3.8) is 0 Å². The van der Waals surface area contributed by atoms with E-state index in [9.17, 15) is 4.79 Å². The first-order valence-corrected chi connectivity index (χ1v) is 7.31. The van der Waals surface area contributed by atoms with Gasteiger partial charge in [-0.25, -0.2) is 4.79 Å². The van der Waals surface area contributed by atoms with Crippen molar-refractivity contribution in [1.82, 2.24) is 0 Å². The number of carbonyl (C=O) groups excluding carboxylic acids is 1. The van der Waals surface area contributed by atoms with Crippen LogP contribution in [0.1, 0.15) is 17.2 Å². The van der Waals surface area contributed by atoms with Gasteiger partial charge < -0.3 is 9.47 Å². The molecule has 20 heavy (non-hydrogen) atoms. The number of alkyl halides is 1. The Balaban J connectivity index is 2.25. The molecule has 0 heterocycles. The largest absolute Gasteiger partial charge is 0.474 e. The standard InChI is InChI=1S/C16H15BrO3/c1-19-16(18)15(20-14-5-3-2-4-6-14)13-9-7-12(11-17)8-10-13/h2-10,15H,11H2,1H3. The summed E-state index contributed by atoms with van der Waals surface area (Å²) < 4.78 is 10.6. The van der Waals surface area contributed by atoms with Crippen LogP contribution < -0.4 is 4.74 Å².